The van der Waals surface area contributed by atoms with Gasteiger partial charge in [0.2, 0.25) is 0 Å². The van der Waals surface area contributed by atoms with E-state index < -0.39 is 0 Å². The minimum absolute atomic E-state index is 0.00712. The molecule has 0 radical (unpaired) electrons. The smallest absolute Gasteiger partial charge is 0.133 e. The Balaban J connectivity index is 1.80. The van der Waals surface area contributed by atoms with E-state index in [4.69, 9.17) is 16.3 Å². The standard InChI is InChI=1S/C17H33ClO/c1-2-3-4-5-6-7-8-9-10-11-13-16-14-12-15-19-17(16)18/h16-17H,2-15H2,1H3. The van der Waals surface area contributed by atoms with Gasteiger partial charge in [0.25, 0.3) is 0 Å². The van der Waals surface area contributed by atoms with Crippen LogP contribution >= 0.6 is 11.6 Å². The molecule has 1 saturated heterocycles. The van der Waals surface area contributed by atoms with Crippen LogP contribution in [0.3, 0.4) is 0 Å². The third-order valence-electron chi connectivity index (χ3n) is 4.30. The molecule has 1 heterocycles. The van der Waals surface area contributed by atoms with Gasteiger partial charge in [-0.15, -0.1) is 0 Å². The van der Waals surface area contributed by atoms with Gasteiger partial charge in [-0.25, -0.2) is 0 Å². The van der Waals surface area contributed by atoms with E-state index in [0.29, 0.717) is 5.92 Å². The highest BCUT2D eigenvalue weighted by Gasteiger charge is 2.22. The fourth-order valence-electron chi connectivity index (χ4n) is 2.98. The molecule has 1 aliphatic heterocycles. The highest BCUT2D eigenvalue weighted by Crippen LogP contribution is 2.28. The van der Waals surface area contributed by atoms with Crippen molar-refractivity contribution in [2.24, 2.45) is 5.92 Å². The van der Waals surface area contributed by atoms with Gasteiger partial charge in [-0.3, -0.25) is 0 Å². The Kier molecular flexibility index (Phi) is 11.0. The molecular weight excluding hydrogens is 256 g/mol. The highest BCUT2D eigenvalue weighted by molar-refractivity contribution is 6.19. The summed E-state index contributed by atoms with van der Waals surface area (Å²) in [6.45, 7) is 3.14. The Morgan fingerprint density at radius 2 is 1.47 bits per heavy atom. The summed E-state index contributed by atoms with van der Waals surface area (Å²) in [4.78, 5) is 0. The van der Waals surface area contributed by atoms with Gasteiger partial charge in [-0.1, -0.05) is 82.7 Å². The van der Waals surface area contributed by atoms with Gasteiger partial charge in [0.1, 0.15) is 5.56 Å². The Morgan fingerprint density at radius 3 is 2.05 bits per heavy atom. The van der Waals surface area contributed by atoms with Crippen molar-refractivity contribution in [2.45, 2.75) is 96.0 Å². The molecule has 114 valence electrons. The molecule has 0 aromatic heterocycles. The minimum Gasteiger partial charge on any atom is -0.362 e. The van der Waals surface area contributed by atoms with E-state index in [1.807, 2.05) is 0 Å². The van der Waals surface area contributed by atoms with Gasteiger partial charge in [-0.05, 0) is 25.2 Å². The molecule has 2 unspecified atom stereocenters. The van der Waals surface area contributed by atoms with Gasteiger partial charge in [0.05, 0.1) is 0 Å². The summed E-state index contributed by atoms with van der Waals surface area (Å²) >= 11 is 6.18. The van der Waals surface area contributed by atoms with Crippen molar-refractivity contribution in [3.05, 3.63) is 0 Å². The van der Waals surface area contributed by atoms with E-state index >= 15 is 0 Å². The van der Waals surface area contributed by atoms with Crippen molar-refractivity contribution in [1.29, 1.82) is 0 Å². The molecule has 0 N–H and O–H groups in total. The maximum absolute atomic E-state index is 6.18. The Morgan fingerprint density at radius 1 is 0.895 bits per heavy atom. The molecule has 0 aliphatic carbocycles. The Labute approximate surface area is 125 Å². The molecule has 0 aromatic rings. The van der Waals surface area contributed by atoms with Gasteiger partial charge >= 0.3 is 0 Å². The fourth-order valence-corrected chi connectivity index (χ4v) is 3.32. The zero-order chi connectivity index (χ0) is 13.8. The van der Waals surface area contributed by atoms with Crippen LogP contribution in [0.1, 0.15) is 90.4 Å². The number of unbranched alkanes of at least 4 members (excludes halogenated alkanes) is 9. The molecule has 0 saturated carbocycles. The first-order valence-electron chi connectivity index (χ1n) is 8.60. The number of hydrogen-bond acceptors (Lipinski definition) is 1. The molecule has 1 nitrogen and oxygen atoms in total. The largest absolute Gasteiger partial charge is 0.362 e. The lowest BCUT2D eigenvalue weighted by atomic mass is 9.95. The van der Waals surface area contributed by atoms with Crippen LogP contribution in [0.15, 0.2) is 0 Å². The molecule has 0 amide bonds. The summed E-state index contributed by atoms with van der Waals surface area (Å²) in [7, 11) is 0. The molecule has 0 bridgehead atoms. The molecule has 1 fully saturated rings. The lowest BCUT2D eigenvalue weighted by Crippen LogP contribution is -2.24. The molecule has 0 spiro atoms. The average molecular weight is 289 g/mol. The van der Waals surface area contributed by atoms with Crippen LogP contribution in [0.4, 0.5) is 0 Å². The predicted molar refractivity (Wildman–Crippen MR) is 84.8 cm³/mol. The van der Waals surface area contributed by atoms with E-state index in [1.54, 1.807) is 0 Å². The summed E-state index contributed by atoms with van der Waals surface area (Å²) in [6, 6.07) is 0. The van der Waals surface area contributed by atoms with Crippen LogP contribution in [-0.2, 0) is 4.74 Å². The second-order valence-electron chi connectivity index (χ2n) is 6.09. The summed E-state index contributed by atoms with van der Waals surface area (Å²) in [5, 5.41) is 0. The predicted octanol–water partition coefficient (Wildman–Crippen LogP) is 6.29. The second-order valence-corrected chi connectivity index (χ2v) is 6.53. The maximum Gasteiger partial charge on any atom is 0.133 e. The number of hydrogen-bond donors (Lipinski definition) is 0. The van der Waals surface area contributed by atoms with Crippen molar-refractivity contribution in [2.75, 3.05) is 6.61 Å². The van der Waals surface area contributed by atoms with Crippen molar-refractivity contribution >= 4 is 11.6 Å². The maximum atomic E-state index is 6.18. The number of ether oxygens (including phenoxy) is 1. The van der Waals surface area contributed by atoms with E-state index in [2.05, 4.69) is 6.92 Å². The van der Waals surface area contributed by atoms with Crippen LogP contribution in [0.2, 0.25) is 0 Å². The third kappa shape index (κ3) is 8.92. The zero-order valence-electron chi connectivity index (χ0n) is 12.8. The summed E-state index contributed by atoms with van der Waals surface area (Å²) in [6.07, 6.45) is 17.8. The molecule has 19 heavy (non-hydrogen) atoms. The second kappa shape index (κ2) is 12.0. The van der Waals surface area contributed by atoms with Crippen molar-refractivity contribution in [3.8, 4) is 0 Å². The van der Waals surface area contributed by atoms with Gasteiger partial charge < -0.3 is 4.74 Å². The summed E-state index contributed by atoms with van der Waals surface area (Å²) in [5.74, 6) is 0.615. The SMILES string of the molecule is CCCCCCCCCCCCC1CCCOC1Cl. The van der Waals surface area contributed by atoms with E-state index in [0.717, 1.165) is 6.61 Å². The molecule has 1 rings (SSSR count). The quantitative estimate of drug-likeness (QED) is 0.321. The van der Waals surface area contributed by atoms with Crippen LogP contribution in [0, 0.1) is 5.92 Å². The van der Waals surface area contributed by atoms with E-state index in [9.17, 15) is 0 Å². The van der Waals surface area contributed by atoms with Crippen molar-refractivity contribution in [1.82, 2.24) is 0 Å². The molecular formula is C17H33ClO. The lowest BCUT2D eigenvalue weighted by molar-refractivity contribution is 0.0213. The van der Waals surface area contributed by atoms with Gasteiger partial charge in [0.15, 0.2) is 0 Å². The molecule has 2 atom stereocenters. The van der Waals surface area contributed by atoms with Gasteiger partial charge in [-0.2, -0.15) is 0 Å². The normalized spacial score (nSPS) is 23.7. The number of rotatable bonds is 11. The molecule has 0 aromatic carbocycles. The Hall–Kier alpha value is 0.250. The van der Waals surface area contributed by atoms with E-state index in [-0.39, 0.29) is 5.56 Å². The van der Waals surface area contributed by atoms with Crippen LogP contribution in [-0.4, -0.2) is 12.2 Å². The van der Waals surface area contributed by atoms with Gasteiger partial charge in [0, 0.05) is 6.61 Å². The fraction of sp³-hybridized carbons (Fsp3) is 1.00. The summed E-state index contributed by atoms with van der Waals surface area (Å²) in [5.41, 5.74) is -0.00712. The zero-order valence-corrected chi connectivity index (χ0v) is 13.6. The topological polar surface area (TPSA) is 9.23 Å². The van der Waals surface area contributed by atoms with Crippen LogP contribution in [0.5, 0.6) is 0 Å². The summed E-state index contributed by atoms with van der Waals surface area (Å²) < 4.78 is 5.50. The first kappa shape index (κ1) is 17.3. The van der Waals surface area contributed by atoms with Crippen molar-refractivity contribution in [3.63, 3.8) is 0 Å². The minimum atomic E-state index is -0.00712. The monoisotopic (exact) mass is 288 g/mol. The first-order chi connectivity index (χ1) is 9.34. The highest BCUT2D eigenvalue weighted by atomic mass is 35.5. The van der Waals surface area contributed by atoms with Crippen LogP contribution < -0.4 is 0 Å². The van der Waals surface area contributed by atoms with Crippen LogP contribution in [0.25, 0.3) is 0 Å². The third-order valence-corrected chi connectivity index (χ3v) is 4.78. The number of alkyl halides is 1. The first-order valence-corrected chi connectivity index (χ1v) is 9.04. The molecule has 2 heteroatoms. The average Bonchev–Trinajstić information content (AvgIpc) is 2.43. The molecule has 1 aliphatic rings. The number of halogens is 1. The Bertz CT molecular complexity index is 196. The van der Waals surface area contributed by atoms with E-state index in [1.165, 1.54) is 83.5 Å². The lowest BCUT2D eigenvalue weighted by Gasteiger charge is -2.27. The van der Waals surface area contributed by atoms with Crippen molar-refractivity contribution < 1.29 is 4.74 Å².